The first kappa shape index (κ1) is 12.8. The number of benzene rings is 1. The number of thiazole rings is 1. The van der Waals surface area contributed by atoms with Gasteiger partial charge in [-0.25, -0.2) is 0 Å². The molecule has 0 fully saturated rings. The summed E-state index contributed by atoms with van der Waals surface area (Å²) in [5.74, 6) is 1.63. The average Bonchev–Trinajstić information content (AvgIpc) is 2.92. The predicted octanol–water partition coefficient (Wildman–Crippen LogP) is 4.89. The van der Waals surface area contributed by atoms with Gasteiger partial charge in [-0.15, -0.1) is 22.9 Å². The molecule has 0 aliphatic carbocycles. The minimum Gasteiger partial charge on any atom is -0.437 e. The number of fused-ring (bicyclic) bond motifs is 1. The van der Waals surface area contributed by atoms with Gasteiger partial charge in [-0.3, -0.25) is 4.40 Å². The van der Waals surface area contributed by atoms with Gasteiger partial charge in [-0.05, 0) is 30.7 Å². The molecule has 0 aliphatic rings. The summed E-state index contributed by atoms with van der Waals surface area (Å²) < 4.78 is 7.80. The first-order valence-corrected chi connectivity index (χ1v) is 7.42. The first-order chi connectivity index (χ1) is 9.19. The molecule has 0 N–H and O–H groups in total. The van der Waals surface area contributed by atoms with Crippen LogP contribution in [0, 0.1) is 6.92 Å². The van der Waals surface area contributed by atoms with Crippen LogP contribution in [0.1, 0.15) is 11.3 Å². The number of aromatic nitrogens is 2. The van der Waals surface area contributed by atoms with Crippen LogP contribution in [0.15, 0.2) is 29.8 Å². The maximum absolute atomic E-state index is 5.98. The summed E-state index contributed by atoms with van der Waals surface area (Å²) in [6.45, 7) is 1.94. The molecule has 3 nitrogen and oxygen atoms in total. The van der Waals surface area contributed by atoms with E-state index in [9.17, 15) is 0 Å². The molecule has 0 spiro atoms. The lowest BCUT2D eigenvalue weighted by atomic mass is 10.2. The summed E-state index contributed by atoms with van der Waals surface area (Å²) >= 11 is 13.5. The van der Waals surface area contributed by atoms with Crippen molar-refractivity contribution in [2.24, 2.45) is 0 Å². The largest absolute Gasteiger partial charge is 0.437 e. The van der Waals surface area contributed by atoms with Crippen LogP contribution in [0.25, 0.3) is 4.96 Å². The minimum absolute atomic E-state index is 0.347. The normalized spacial score (nSPS) is 11.1. The van der Waals surface area contributed by atoms with E-state index in [-0.39, 0.29) is 0 Å². The maximum Gasteiger partial charge on any atom is 0.243 e. The van der Waals surface area contributed by atoms with Crippen LogP contribution in [-0.4, -0.2) is 9.38 Å². The molecule has 0 bridgehead atoms. The van der Waals surface area contributed by atoms with Crippen LogP contribution in [0.3, 0.4) is 0 Å². The SMILES string of the molecule is Cc1cc(Cl)ccc1Oc1nc2sccn2c1CCl. The number of aryl methyl sites for hydroxylation is 1. The molecule has 0 atom stereocenters. The summed E-state index contributed by atoms with van der Waals surface area (Å²) in [5, 5.41) is 2.66. The van der Waals surface area contributed by atoms with E-state index >= 15 is 0 Å². The van der Waals surface area contributed by atoms with Gasteiger partial charge in [-0.1, -0.05) is 11.6 Å². The van der Waals surface area contributed by atoms with Crippen molar-refractivity contribution in [2.45, 2.75) is 12.8 Å². The van der Waals surface area contributed by atoms with Gasteiger partial charge in [0.15, 0.2) is 4.96 Å². The molecule has 6 heteroatoms. The molecule has 0 unspecified atom stereocenters. The highest BCUT2D eigenvalue weighted by Crippen LogP contribution is 2.31. The predicted molar refractivity (Wildman–Crippen MR) is 78.9 cm³/mol. The monoisotopic (exact) mass is 312 g/mol. The van der Waals surface area contributed by atoms with Gasteiger partial charge in [0.1, 0.15) is 11.4 Å². The van der Waals surface area contributed by atoms with Crippen LogP contribution in [-0.2, 0) is 5.88 Å². The Morgan fingerprint density at radius 1 is 1.42 bits per heavy atom. The third-order valence-electron chi connectivity index (χ3n) is 2.79. The van der Waals surface area contributed by atoms with Crippen molar-refractivity contribution < 1.29 is 4.74 Å². The fraction of sp³-hybridized carbons (Fsp3) is 0.154. The third kappa shape index (κ3) is 2.31. The van der Waals surface area contributed by atoms with E-state index < -0.39 is 0 Å². The highest BCUT2D eigenvalue weighted by Gasteiger charge is 2.15. The van der Waals surface area contributed by atoms with Crippen LogP contribution in [0.4, 0.5) is 0 Å². The van der Waals surface area contributed by atoms with Gasteiger partial charge in [0.2, 0.25) is 5.88 Å². The molecule has 0 aliphatic heterocycles. The van der Waals surface area contributed by atoms with Gasteiger partial charge in [0, 0.05) is 16.6 Å². The highest BCUT2D eigenvalue weighted by atomic mass is 35.5. The summed E-state index contributed by atoms with van der Waals surface area (Å²) in [7, 11) is 0. The molecule has 1 aromatic carbocycles. The molecular weight excluding hydrogens is 303 g/mol. The Hall–Kier alpha value is -1.23. The number of alkyl halides is 1. The smallest absolute Gasteiger partial charge is 0.243 e. The average molecular weight is 313 g/mol. The Morgan fingerprint density at radius 2 is 2.26 bits per heavy atom. The van der Waals surface area contributed by atoms with Gasteiger partial charge in [0.05, 0.1) is 5.88 Å². The quantitative estimate of drug-likeness (QED) is 0.644. The van der Waals surface area contributed by atoms with Crippen LogP contribution in [0.5, 0.6) is 11.6 Å². The highest BCUT2D eigenvalue weighted by molar-refractivity contribution is 7.15. The van der Waals surface area contributed by atoms with E-state index in [1.165, 1.54) is 0 Å². The van der Waals surface area contributed by atoms with E-state index in [1.807, 2.05) is 35.0 Å². The second kappa shape index (κ2) is 5.04. The number of halogens is 2. The molecule has 0 saturated carbocycles. The molecule has 2 heterocycles. The second-order valence-electron chi connectivity index (χ2n) is 4.06. The van der Waals surface area contributed by atoms with Crippen molar-refractivity contribution in [3.8, 4) is 11.6 Å². The van der Waals surface area contributed by atoms with Crippen molar-refractivity contribution in [1.29, 1.82) is 0 Å². The van der Waals surface area contributed by atoms with Crippen LogP contribution < -0.4 is 4.74 Å². The lowest BCUT2D eigenvalue weighted by Gasteiger charge is -2.07. The van der Waals surface area contributed by atoms with Crippen LogP contribution >= 0.6 is 34.5 Å². The lowest BCUT2D eigenvalue weighted by Crippen LogP contribution is -1.92. The molecule has 98 valence electrons. The number of ether oxygens (including phenoxy) is 1. The number of hydrogen-bond donors (Lipinski definition) is 0. The molecule has 3 rings (SSSR count). The standard InChI is InChI=1S/C13H10Cl2N2OS/c1-8-6-9(15)2-3-11(8)18-12-10(7-14)17-4-5-19-13(17)16-12/h2-6H,7H2,1H3. The zero-order valence-corrected chi connectivity index (χ0v) is 12.4. The minimum atomic E-state index is 0.347. The number of rotatable bonds is 3. The van der Waals surface area contributed by atoms with Crippen molar-refractivity contribution in [3.05, 3.63) is 46.1 Å². The summed E-state index contributed by atoms with van der Waals surface area (Å²) in [4.78, 5) is 5.32. The van der Waals surface area contributed by atoms with Crippen molar-refractivity contribution in [2.75, 3.05) is 0 Å². The summed E-state index contributed by atoms with van der Waals surface area (Å²) in [5.41, 5.74) is 1.82. The number of imidazole rings is 1. The number of nitrogens with zero attached hydrogens (tertiary/aromatic N) is 2. The van der Waals surface area contributed by atoms with Crippen molar-refractivity contribution in [3.63, 3.8) is 0 Å². The zero-order chi connectivity index (χ0) is 13.4. The Labute approximate surface area is 124 Å². The molecule has 2 aromatic heterocycles. The van der Waals surface area contributed by atoms with E-state index in [2.05, 4.69) is 4.98 Å². The van der Waals surface area contributed by atoms with Crippen LogP contribution in [0.2, 0.25) is 5.02 Å². The molecular formula is C13H10Cl2N2OS. The van der Waals surface area contributed by atoms with Gasteiger partial charge in [0.25, 0.3) is 0 Å². The first-order valence-electron chi connectivity index (χ1n) is 5.63. The third-order valence-corrected chi connectivity index (χ3v) is 4.04. The molecule has 19 heavy (non-hydrogen) atoms. The lowest BCUT2D eigenvalue weighted by molar-refractivity contribution is 0.458. The van der Waals surface area contributed by atoms with E-state index in [1.54, 1.807) is 17.4 Å². The fourth-order valence-corrected chi connectivity index (χ4v) is 3.04. The molecule has 3 aromatic rings. The fourth-order valence-electron chi connectivity index (χ4n) is 1.85. The van der Waals surface area contributed by atoms with E-state index in [4.69, 9.17) is 27.9 Å². The van der Waals surface area contributed by atoms with Gasteiger partial charge < -0.3 is 4.74 Å². The molecule has 0 radical (unpaired) electrons. The van der Waals surface area contributed by atoms with E-state index in [0.717, 1.165) is 22.0 Å². The summed E-state index contributed by atoms with van der Waals surface area (Å²) in [6.07, 6.45) is 1.94. The summed E-state index contributed by atoms with van der Waals surface area (Å²) in [6, 6.07) is 5.49. The number of hydrogen-bond acceptors (Lipinski definition) is 3. The second-order valence-corrected chi connectivity index (χ2v) is 5.64. The maximum atomic E-state index is 5.98. The molecule has 0 amide bonds. The zero-order valence-electron chi connectivity index (χ0n) is 10.1. The van der Waals surface area contributed by atoms with Crippen molar-refractivity contribution in [1.82, 2.24) is 9.38 Å². The Kier molecular flexibility index (Phi) is 3.39. The van der Waals surface area contributed by atoms with Gasteiger partial charge in [-0.2, -0.15) is 4.98 Å². The van der Waals surface area contributed by atoms with Crippen molar-refractivity contribution >= 4 is 39.5 Å². The van der Waals surface area contributed by atoms with E-state index in [0.29, 0.717) is 16.8 Å². The topological polar surface area (TPSA) is 26.5 Å². The van der Waals surface area contributed by atoms with Gasteiger partial charge >= 0.3 is 0 Å². The molecule has 0 saturated heterocycles. The Balaban J connectivity index is 2.02. The Morgan fingerprint density at radius 3 is 3.00 bits per heavy atom. The Bertz CT molecular complexity index is 735.